The highest BCUT2D eigenvalue weighted by Gasteiger charge is 2.10. The first-order valence-corrected chi connectivity index (χ1v) is 5.48. The Hall–Kier alpha value is -1.03. The van der Waals surface area contributed by atoms with Crippen LogP contribution in [0.15, 0.2) is 24.5 Å². The Bertz CT molecular complexity index is 289. The van der Waals surface area contributed by atoms with Crippen molar-refractivity contribution in [1.29, 1.82) is 0 Å². The Kier molecular flexibility index (Phi) is 4.46. The summed E-state index contributed by atoms with van der Waals surface area (Å²) in [7, 11) is 0. The van der Waals surface area contributed by atoms with E-state index in [-0.39, 0.29) is 5.25 Å². The standard InChI is InChI=1S/C10H13NO2S/c1-8(10(12)13)14-6-4-9-3-2-5-11-7-9/h2-3,5,7-8H,4,6H2,1H3,(H,12,13). The van der Waals surface area contributed by atoms with Gasteiger partial charge in [0.2, 0.25) is 0 Å². The first kappa shape index (κ1) is 11.0. The van der Waals surface area contributed by atoms with Gasteiger partial charge >= 0.3 is 5.97 Å². The van der Waals surface area contributed by atoms with E-state index in [0.29, 0.717) is 0 Å². The summed E-state index contributed by atoms with van der Waals surface area (Å²) in [4.78, 5) is 14.5. The van der Waals surface area contributed by atoms with Crippen molar-refractivity contribution in [3.63, 3.8) is 0 Å². The molecule has 1 unspecified atom stereocenters. The van der Waals surface area contributed by atoms with E-state index in [1.807, 2.05) is 18.3 Å². The molecule has 0 saturated heterocycles. The van der Waals surface area contributed by atoms with Gasteiger partial charge < -0.3 is 5.11 Å². The SMILES string of the molecule is CC(SCCc1cccnc1)C(=O)O. The molecular formula is C10H13NO2S. The van der Waals surface area contributed by atoms with Crippen LogP contribution >= 0.6 is 11.8 Å². The van der Waals surface area contributed by atoms with Gasteiger partial charge in [-0.2, -0.15) is 0 Å². The second-order valence-electron chi connectivity index (χ2n) is 2.96. The predicted octanol–water partition coefficient (Wildman–Crippen LogP) is 1.83. The van der Waals surface area contributed by atoms with Crippen LogP contribution in [0.25, 0.3) is 0 Å². The molecule has 0 spiro atoms. The minimum Gasteiger partial charge on any atom is -0.480 e. The zero-order valence-corrected chi connectivity index (χ0v) is 8.83. The first-order chi connectivity index (χ1) is 6.70. The minimum atomic E-state index is -0.749. The third kappa shape index (κ3) is 3.79. The van der Waals surface area contributed by atoms with E-state index >= 15 is 0 Å². The van der Waals surface area contributed by atoms with E-state index < -0.39 is 5.97 Å². The fraction of sp³-hybridized carbons (Fsp3) is 0.400. The van der Waals surface area contributed by atoms with E-state index in [2.05, 4.69) is 4.98 Å². The summed E-state index contributed by atoms with van der Waals surface area (Å²) in [6.07, 6.45) is 4.42. The Morgan fingerprint density at radius 1 is 1.71 bits per heavy atom. The second kappa shape index (κ2) is 5.65. The number of nitrogens with zero attached hydrogens (tertiary/aromatic N) is 1. The van der Waals surface area contributed by atoms with Crippen LogP contribution in [0.4, 0.5) is 0 Å². The summed E-state index contributed by atoms with van der Waals surface area (Å²) in [6, 6.07) is 3.89. The highest BCUT2D eigenvalue weighted by molar-refractivity contribution is 8.00. The van der Waals surface area contributed by atoms with Crippen LogP contribution in [0, 0.1) is 0 Å². The average molecular weight is 211 g/mol. The van der Waals surface area contributed by atoms with Gasteiger partial charge in [0.15, 0.2) is 0 Å². The molecule has 0 aliphatic carbocycles. The van der Waals surface area contributed by atoms with Gasteiger partial charge in [-0.1, -0.05) is 6.07 Å². The topological polar surface area (TPSA) is 50.2 Å². The number of carbonyl (C=O) groups is 1. The van der Waals surface area contributed by atoms with E-state index in [4.69, 9.17) is 5.11 Å². The number of pyridine rings is 1. The van der Waals surface area contributed by atoms with Crippen molar-refractivity contribution in [2.45, 2.75) is 18.6 Å². The highest BCUT2D eigenvalue weighted by Crippen LogP contribution is 2.12. The molecule has 76 valence electrons. The minimum absolute atomic E-state index is 0.327. The van der Waals surface area contributed by atoms with Gasteiger partial charge in [0.05, 0.1) is 5.25 Å². The number of hydrogen-bond donors (Lipinski definition) is 1. The number of thioether (sulfide) groups is 1. The molecule has 1 aromatic rings. The van der Waals surface area contributed by atoms with Gasteiger partial charge in [0, 0.05) is 12.4 Å². The zero-order chi connectivity index (χ0) is 10.4. The Balaban J connectivity index is 2.26. The molecule has 1 aromatic heterocycles. The number of rotatable bonds is 5. The highest BCUT2D eigenvalue weighted by atomic mass is 32.2. The van der Waals surface area contributed by atoms with Crippen LogP contribution in [0.2, 0.25) is 0 Å². The lowest BCUT2D eigenvalue weighted by Crippen LogP contribution is -2.12. The summed E-state index contributed by atoms with van der Waals surface area (Å²) >= 11 is 1.45. The summed E-state index contributed by atoms with van der Waals surface area (Å²) < 4.78 is 0. The number of hydrogen-bond acceptors (Lipinski definition) is 3. The maximum atomic E-state index is 10.5. The lowest BCUT2D eigenvalue weighted by Gasteiger charge is -2.05. The fourth-order valence-electron chi connectivity index (χ4n) is 0.971. The van der Waals surface area contributed by atoms with Gasteiger partial charge in [-0.05, 0) is 30.7 Å². The van der Waals surface area contributed by atoms with Gasteiger partial charge in [-0.25, -0.2) is 0 Å². The molecular weight excluding hydrogens is 198 g/mol. The number of aromatic nitrogens is 1. The van der Waals surface area contributed by atoms with Gasteiger partial charge in [0.25, 0.3) is 0 Å². The molecule has 0 aliphatic heterocycles. The molecule has 1 N–H and O–H groups in total. The average Bonchev–Trinajstić information content (AvgIpc) is 2.19. The van der Waals surface area contributed by atoms with E-state index in [1.165, 1.54) is 11.8 Å². The summed E-state index contributed by atoms with van der Waals surface area (Å²) in [5.41, 5.74) is 1.15. The molecule has 3 nitrogen and oxygen atoms in total. The van der Waals surface area contributed by atoms with Gasteiger partial charge in [-0.15, -0.1) is 11.8 Å². The molecule has 0 fully saturated rings. The van der Waals surface area contributed by atoms with Crippen molar-refractivity contribution in [3.05, 3.63) is 30.1 Å². The Morgan fingerprint density at radius 3 is 3.07 bits per heavy atom. The third-order valence-electron chi connectivity index (χ3n) is 1.83. The van der Waals surface area contributed by atoms with Crippen LogP contribution in [-0.4, -0.2) is 27.1 Å². The smallest absolute Gasteiger partial charge is 0.316 e. The van der Waals surface area contributed by atoms with Crippen LogP contribution in [0.1, 0.15) is 12.5 Å². The van der Waals surface area contributed by atoms with Crippen LogP contribution in [-0.2, 0) is 11.2 Å². The second-order valence-corrected chi connectivity index (χ2v) is 4.41. The van der Waals surface area contributed by atoms with E-state index in [9.17, 15) is 4.79 Å². The molecule has 4 heteroatoms. The fourth-order valence-corrected chi connectivity index (χ4v) is 1.82. The maximum absolute atomic E-state index is 10.5. The Labute approximate surface area is 87.6 Å². The zero-order valence-electron chi connectivity index (χ0n) is 8.01. The van der Waals surface area contributed by atoms with Crippen LogP contribution in [0.3, 0.4) is 0 Å². The quantitative estimate of drug-likeness (QED) is 0.807. The first-order valence-electron chi connectivity index (χ1n) is 4.43. The number of carboxylic acid groups (broad SMARTS) is 1. The number of carboxylic acids is 1. The molecule has 14 heavy (non-hydrogen) atoms. The molecule has 1 rings (SSSR count). The number of aliphatic carboxylic acids is 1. The third-order valence-corrected chi connectivity index (χ3v) is 2.97. The lowest BCUT2D eigenvalue weighted by molar-refractivity contribution is -0.136. The summed E-state index contributed by atoms with van der Waals surface area (Å²) in [5.74, 6) is 0.0697. The van der Waals surface area contributed by atoms with Gasteiger partial charge in [-0.3, -0.25) is 9.78 Å². The van der Waals surface area contributed by atoms with Crippen molar-refractivity contribution in [3.8, 4) is 0 Å². The number of aryl methyl sites for hydroxylation is 1. The van der Waals surface area contributed by atoms with E-state index in [0.717, 1.165) is 17.7 Å². The molecule has 0 amide bonds. The van der Waals surface area contributed by atoms with Crippen molar-refractivity contribution in [1.82, 2.24) is 4.98 Å². The molecule has 0 radical (unpaired) electrons. The van der Waals surface area contributed by atoms with E-state index in [1.54, 1.807) is 13.1 Å². The molecule has 1 heterocycles. The van der Waals surface area contributed by atoms with Gasteiger partial charge in [0.1, 0.15) is 0 Å². The van der Waals surface area contributed by atoms with Crippen molar-refractivity contribution < 1.29 is 9.90 Å². The molecule has 1 atom stereocenters. The summed E-state index contributed by atoms with van der Waals surface area (Å²) in [5, 5.41) is 8.32. The molecule has 0 aliphatic rings. The Morgan fingerprint density at radius 2 is 2.50 bits per heavy atom. The lowest BCUT2D eigenvalue weighted by atomic mass is 10.2. The normalized spacial score (nSPS) is 12.4. The van der Waals surface area contributed by atoms with Crippen LogP contribution in [0.5, 0.6) is 0 Å². The summed E-state index contributed by atoms with van der Waals surface area (Å²) in [6.45, 7) is 1.70. The monoisotopic (exact) mass is 211 g/mol. The van der Waals surface area contributed by atoms with Crippen LogP contribution < -0.4 is 0 Å². The largest absolute Gasteiger partial charge is 0.480 e. The maximum Gasteiger partial charge on any atom is 0.316 e. The van der Waals surface area contributed by atoms with Crippen molar-refractivity contribution in [2.75, 3.05) is 5.75 Å². The van der Waals surface area contributed by atoms with Crippen molar-refractivity contribution >= 4 is 17.7 Å². The molecule has 0 saturated carbocycles. The predicted molar refractivity (Wildman–Crippen MR) is 57.5 cm³/mol. The van der Waals surface area contributed by atoms with Crippen molar-refractivity contribution in [2.24, 2.45) is 0 Å². The molecule has 0 bridgehead atoms. The molecule has 0 aromatic carbocycles.